The summed E-state index contributed by atoms with van der Waals surface area (Å²) in [7, 11) is 1.65. The molecule has 1 atom stereocenters. The number of nitrogens with two attached hydrogens (primary N) is 1. The summed E-state index contributed by atoms with van der Waals surface area (Å²) in [5, 5.41) is 0. The molecule has 3 aromatic rings. The van der Waals surface area contributed by atoms with Crippen molar-refractivity contribution in [2.24, 2.45) is 12.8 Å². The number of nitrogens with zero attached hydrogens (tertiary/aromatic N) is 1. The van der Waals surface area contributed by atoms with Crippen LogP contribution in [0.15, 0.2) is 51.7 Å². The summed E-state index contributed by atoms with van der Waals surface area (Å²) in [5.41, 5.74) is 8.96. The summed E-state index contributed by atoms with van der Waals surface area (Å²) in [4.78, 5) is 11.5. The highest BCUT2D eigenvalue weighted by Gasteiger charge is 2.12. The van der Waals surface area contributed by atoms with Gasteiger partial charge in [-0.2, -0.15) is 0 Å². The quantitative estimate of drug-likeness (QED) is 0.778. The lowest BCUT2D eigenvalue weighted by atomic mass is 9.99. The molecule has 5 heteroatoms. The van der Waals surface area contributed by atoms with Gasteiger partial charge in [0.25, 0.3) is 0 Å². The molecule has 0 bridgehead atoms. The number of oxazole rings is 1. The van der Waals surface area contributed by atoms with E-state index < -0.39 is 11.8 Å². The molecule has 102 valence electrons. The Hall–Kier alpha value is -2.40. The van der Waals surface area contributed by atoms with Crippen molar-refractivity contribution in [2.75, 3.05) is 0 Å². The molecule has 0 aliphatic heterocycles. The van der Waals surface area contributed by atoms with Crippen molar-refractivity contribution in [3.63, 3.8) is 0 Å². The highest BCUT2D eigenvalue weighted by molar-refractivity contribution is 5.74. The van der Waals surface area contributed by atoms with Crippen molar-refractivity contribution in [1.82, 2.24) is 4.57 Å². The maximum Gasteiger partial charge on any atom is 0.419 e. The van der Waals surface area contributed by atoms with Crippen LogP contribution in [0.5, 0.6) is 0 Å². The minimum absolute atomic E-state index is 0.301. The van der Waals surface area contributed by atoms with Crippen molar-refractivity contribution >= 4 is 11.1 Å². The van der Waals surface area contributed by atoms with Crippen LogP contribution in [-0.4, -0.2) is 4.57 Å². The second-order valence-corrected chi connectivity index (χ2v) is 4.68. The Morgan fingerprint density at radius 3 is 2.50 bits per heavy atom. The molecule has 20 heavy (non-hydrogen) atoms. The summed E-state index contributed by atoms with van der Waals surface area (Å²) in [6, 6.07) is 11.0. The predicted octanol–water partition coefficient (Wildman–Crippen LogP) is 2.32. The van der Waals surface area contributed by atoms with Gasteiger partial charge in [0.2, 0.25) is 0 Å². The molecule has 2 aromatic carbocycles. The predicted molar refractivity (Wildman–Crippen MR) is 73.9 cm³/mol. The van der Waals surface area contributed by atoms with Crippen LogP contribution in [0.25, 0.3) is 11.1 Å². The van der Waals surface area contributed by atoms with Crippen LogP contribution in [0, 0.1) is 5.82 Å². The van der Waals surface area contributed by atoms with E-state index in [0.717, 1.165) is 11.1 Å². The van der Waals surface area contributed by atoms with Gasteiger partial charge in [-0.1, -0.05) is 18.2 Å². The van der Waals surface area contributed by atoms with Crippen LogP contribution in [0.1, 0.15) is 17.2 Å². The fourth-order valence-electron chi connectivity index (χ4n) is 2.21. The molecule has 3 rings (SSSR count). The van der Waals surface area contributed by atoms with E-state index in [9.17, 15) is 9.18 Å². The maximum atomic E-state index is 12.9. The zero-order valence-corrected chi connectivity index (χ0v) is 10.8. The number of hydrogen-bond acceptors (Lipinski definition) is 3. The molecule has 0 spiro atoms. The van der Waals surface area contributed by atoms with Gasteiger partial charge in [0.05, 0.1) is 11.6 Å². The zero-order valence-electron chi connectivity index (χ0n) is 10.8. The smallest absolute Gasteiger partial charge is 0.408 e. The van der Waals surface area contributed by atoms with Gasteiger partial charge in [0.1, 0.15) is 5.82 Å². The highest BCUT2D eigenvalue weighted by atomic mass is 19.1. The third kappa shape index (κ3) is 2.02. The monoisotopic (exact) mass is 272 g/mol. The first kappa shape index (κ1) is 12.6. The molecule has 0 aliphatic rings. The standard InChI is InChI=1S/C15H13FN2O2/c1-18-12-7-4-10(8-13(12)20-15(18)19)14(17)9-2-5-11(16)6-3-9/h2-8,14H,17H2,1H3. The number of aryl methyl sites for hydroxylation is 1. The van der Waals surface area contributed by atoms with Crippen LogP contribution in [0.4, 0.5) is 4.39 Å². The lowest BCUT2D eigenvalue weighted by Crippen LogP contribution is -2.11. The number of halogens is 1. The summed E-state index contributed by atoms with van der Waals surface area (Å²) in [5.74, 6) is -0.710. The molecule has 0 amide bonds. The van der Waals surface area contributed by atoms with Crippen molar-refractivity contribution in [3.05, 3.63) is 70.0 Å². The molecule has 0 saturated carbocycles. The third-order valence-corrected chi connectivity index (χ3v) is 3.40. The van der Waals surface area contributed by atoms with Crippen molar-refractivity contribution in [3.8, 4) is 0 Å². The fraction of sp³-hybridized carbons (Fsp3) is 0.133. The van der Waals surface area contributed by atoms with E-state index in [1.54, 1.807) is 31.3 Å². The largest absolute Gasteiger partial charge is 0.419 e. The Balaban J connectivity index is 2.05. The number of rotatable bonds is 2. The Labute approximate surface area is 114 Å². The van der Waals surface area contributed by atoms with Crippen LogP contribution >= 0.6 is 0 Å². The van der Waals surface area contributed by atoms with Crippen LogP contribution in [-0.2, 0) is 7.05 Å². The van der Waals surface area contributed by atoms with Crippen LogP contribution < -0.4 is 11.5 Å². The molecular weight excluding hydrogens is 259 g/mol. The lowest BCUT2D eigenvalue weighted by molar-refractivity contribution is 0.527. The van der Waals surface area contributed by atoms with Gasteiger partial charge in [-0.25, -0.2) is 9.18 Å². The number of benzene rings is 2. The summed E-state index contributed by atoms with van der Waals surface area (Å²) in [6.45, 7) is 0. The molecular formula is C15H13FN2O2. The van der Waals surface area contributed by atoms with Gasteiger partial charge < -0.3 is 10.2 Å². The summed E-state index contributed by atoms with van der Waals surface area (Å²) >= 11 is 0. The first-order valence-corrected chi connectivity index (χ1v) is 6.17. The highest BCUT2D eigenvalue weighted by Crippen LogP contribution is 2.23. The van der Waals surface area contributed by atoms with Crippen LogP contribution in [0.2, 0.25) is 0 Å². The Bertz CT molecular complexity index is 818. The molecule has 0 radical (unpaired) electrons. The fourth-order valence-corrected chi connectivity index (χ4v) is 2.21. The minimum Gasteiger partial charge on any atom is -0.408 e. The first-order valence-electron chi connectivity index (χ1n) is 6.17. The number of aromatic nitrogens is 1. The van der Waals surface area contributed by atoms with Crippen molar-refractivity contribution in [1.29, 1.82) is 0 Å². The molecule has 0 fully saturated rings. The topological polar surface area (TPSA) is 61.2 Å². The molecule has 1 heterocycles. The average Bonchev–Trinajstić information content (AvgIpc) is 2.74. The number of fused-ring (bicyclic) bond motifs is 1. The van der Waals surface area contributed by atoms with E-state index in [0.29, 0.717) is 11.1 Å². The van der Waals surface area contributed by atoms with Crippen LogP contribution in [0.3, 0.4) is 0 Å². The minimum atomic E-state index is -0.410. The number of hydrogen-bond donors (Lipinski definition) is 1. The van der Waals surface area contributed by atoms with E-state index in [1.807, 2.05) is 6.07 Å². The average molecular weight is 272 g/mol. The summed E-state index contributed by atoms with van der Waals surface area (Å²) in [6.07, 6.45) is 0. The Morgan fingerprint density at radius 1 is 1.15 bits per heavy atom. The molecule has 2 N–H and O–H groups in total. The van der Waals surface area contributed by atoms with E-state index in [2.05, 4.69) is 0 Å². The zero-order chi connectivity index (χ0) is 14.3. The van der Waals surface area contributed by atoms with Gasteiger partial charge >= 0.3 is 5.76 Å². The van der Waals surface area contributed by atoms with E-state index in [1.165, 1.54) is 16.7 Å². The SMILES string of the molecule is Cn1c(=O)oc2cc(C(N)c3ccc(F)cc3)ccc21. The third-order valence-electron chi connectivity index (χ3n) is 3.40. The van der Waals surface area contributed by atoms with Gasteiger partial charge in [-0.3, -0.25) is 4.57 Å². The van der Waals surface area contributed by atoms with Gasteiger partial charge in [0, 0.05) is 7.05 Å². The Kier molecular flexibility index (Phi) is 2.91. The second kappa shape index (κ2) is 4.61. The lowest BCUT2D eigenvalue weighted by Gasteiger charge is -2.12. The van der Waals surface area contributed by atoms with E-state index in [4.69, 9.17) is 10.2 Å². The maximum absolute atomic E-state index is 12.9. The van der Waals surface area contributed by atoms with E-state index >= 15 is 0 Å². The summed E-state index contributed by atoms with van der Waals surface area (Å²) < 4.78 is 19.5. The molecule has 0 aliphatic carbocycles. The molecule has 1 unspecified atom stereocenters. The first-order chi connectivity index (χ1) is 9.56. The van der Waals surface area contributed by atoms with E-state index in [-0.39, 0.29) is 5.82 Å². The van der Waals surface area contributed by atoms with Gasteiger partial charge in [-0.15, -0.1) is 0 Å². The second-order valence-electron chi connectivity index (χ2n) is 4.68. The normalized spacial score (nSPS) is 12.8. The van der Waals surface area contributed by atoms with Crippen molar-refractivity contribution in [2.45, 2.75) is 6.04 Å². The Morgan fingerprint density at radius 2 is 1.80 bits per heavy atom. The molecule has 0 saturated heterocycles. The molecule has 1 aromatic heterocycles. The molecule has 4 nitrogen and oxygen atoms in total. The van der Waals surface area contributed by atoms with Gasteiger partial charge in [-0.05, 0) is 35.4 Å². The van der Waals surface area contributed by atoms with Crippen molar-refractivity contribution < 1.29 is 8.81 Å². The van der Waals surface area contributed by atoms with Gasteiger partial charge in [0.15, 0.2) is 5.58 Å².